The molecule has 1 N–H and O–H groups in total. The SMILES string of the molecule is C/C=N\c1cscc1C(C)NC. The molecule has 66 valence electrons. The van der Waals surface area contributed by atoms with Crippen molar-refractivity contribution in [2.75, 3.05) is 7.05 Å². The van der Waals surface area contributed by atoms with Crippen LogP contribution in [0.2, 0.25) is 0 Å². The highest BCUT2D eigenvalue weighted by atomic mass is 32.1. The third-order valence-electron chi connectivity index (χ3n) is 1.84. The molecule has 1 atom stereocenters. The zero-order valence-corrected chi connectivity index (χ0v) is 8.48. The Bertz CT molecular complexity index is 265. The number of nitrogens with zero attached hydrogens (tertiary/aromatic N) is 1. The van der Waals surface area contributed by atoms with Crippen molar-refractivity contribution in [3.05, 3.63) is 16.3 Å². The van der Waals surface area contributed by atoms with E-state index in [1.807, 2.05) is 20.2 Å². The number of rotatable bonds is 3. The van der Waals surface area contributed by atoms with Gasteiger partial charge in [-0.15, -0.1) is 11.3 Å². The maximum absolute atomic E-state index is 4.28. The van der Waals surface area contributed by atoms with Crippen molar-refractivity contribution in [1.82, 2.24) is 5.32 Å². The molecule has 12 heavy (non-hydrogen) atoms. The second-order valence-electron chi connectivity index (χ2n) is 2.61. The highest BCUT2D eigenvalue weighted by molar-refractivity contribution is 7.08. The van der Waals surface area contributed by atoms with Gasteiger partial charge in [-0.2, -0.15) is 0 Å². The largest absolute Gasteiger partial charge is 0.313 e. The van der Waals surface area contributed by atoms with Gasteiger partial charge in [0.25, 0.3) is 0 Å². The molecule has 0 aliphatic rings. The number of thiophene rings is 1. The zero-order valence-electron chi connectivity index (χ0n) is 7.66. The van der Waals surface area contributed by atoms with Gasteiger partial charge in [-0.3, -0.25) is 4.99 Å². The molecule has 1 rings (SSSR count). The Labute approximate surface area is 77.3 Å². The van der Waals surface area contributed by atoms with Crippen LogP contribution in [0.5, 0.6) is 0 Å². The van der Waals surface area contributed by atoms with Crippen molar-refractivity contribution in [1.29, 1.82) is 0 Å². The number of hydrogen-bond acceptors (Lipinski definition) is 3. The third kappa shape index (κ3) is 1.93. The van der Waals surface area contributed by atoms with Crippen LogP contribution in [0.4, 0.5) is 5.69 Å². The summed E-state index contributed by atoms with van der Waals surface area (Å²) >= 11 is 1.70. The minimum atomic E-state index is 0.384. The highest BCUT2D eigenvalue weighted by Crippen LogP contribution is 2.28. The Kier molecular flexibility index (Phi) is 3.44. The second kappa shape index (κ2) is 4.38. The van der Waals surface area contributed by atoms with Gasteiger partial charge < -0.3 is 5.32 Å². The zero-order chi connectivity index (χ0) is 8.97. The van der Waals surface area contributed by atoms with Crippen molar-refractivity contribution in [2.45, 2.75) is 19.9 Å². The van der Waals surface area contributed by atoms with Gasteiger partial charge in [-0.1, -0.05) is 0 Å². The summed E-state index contributed by atoms with van der Waals surface area (Å²) < 4.78 is 0. The van der Waals surface area contributed by atoms with E-state index in [-0.39, 0.29) is 0 Å². The predicted octanol–water partition coefficient (Wildman–Crippen LogP) is 2.75. The summed E-state index contributed by atoms with van der Waals surface area (Å²) in [4.78, 5) is 4.28. The molecule has 2 nitrogen and oxygen atoms in total. The van der Waals surface area contributed by atoms with Crippen molar-refractivity contribution < 1.29 is 0 Å². The monoisotopic (exact) mass is 182 g/mol. The molecule has 1 heterocycles. The molecule has 0 spiro atoms. The number of nitrogens with one attached hydrogen (secondary N) is 1. The quantitative estimate of drug-likeness (QED) is 0.714. The van der Waals surface area contributed by atoms with Crippen LogP contribution in [-0.4, -0.2) is 13.3 Å². The summed E-state index contributed by atoms with van der Waals surface area (Å²) in [5, 5.41) is 7.41. The molecule has 0 fully saturated rings. The molecule has 1 aromatic heterocycles. The van der Waals surface area contributed by atoms with Gasteiger partial charge in [-0.25, -0.2) is 0 Å². The van der Waals surface area contributed by atoms with Crippen LogP contribution >= 0.6 is 11.3 Å². The first kappa shape index (κ1) is 9.42. The Hall–Kier alpha value is -0.670. The summed E-state index contributed by atoms with van der Waals surface area (Å²) in [6, 6.07) is 0.384. The normalized spacial score (nSPS) is 13.9. The summed E-state index contributed by atoms with van der Waals surface area (Å²) in [5.41, 5.74) is 2.37. The van der Waals surface area contributed by atoms with Gasteiger partial charge in [0.05, 0.1) is 5.69 Å². The lowest BCUT2D eigenvalue weighted by molar-refractivity contribution is 0.655. The van der Waals surface area contributed by atoms with E-state index in [9.17, 15) is 0 Å². The maximum Gasteiger partial charge on any atom is 0.0780 e. The maximum atomic E-state index is 4.28. The molecule has 1 unspecified atom stereocenters. The molecule has 1 aromatic rings. The van der Waals surface area contributed by atoms with Gasteiger partial charge in [0.2, 0.25) is 0 Å². The van der Waals surface area contributed by atoms with Crippen LogP contribution in [0.15, 0.2) is 15.8 Å². The van der Waals surface area contributed by atoms with E-state index in [2.05, 4.69) is 28.0 Å². The lowest BCUT2D eigenvalue weighted by Gasteiger charge is -2.08. The van der Waals surface area contributed by atoms with Crippen LogP contribution in [0, 0.1) is 0 Å². The summed E-state index contributed by atoms with van der Waals surface area (Å²) in [7, 11) is 1.96. The van der Waals surface area contributed by atoms with Crippen molar-refractivity contribution in [2.24, 2.45) is 4.99 Å². The van der Waals surface area contributed by atoms with Crippen molar-refractivity contribution in [3.8, 4) is 0 Å². The molecular formula is C9H14N2S. The van der Waals surface area contributed by atoms with Gasteiger partial charge in [0.1, 0.15) is 0 Å². The fourth-order valence-electron chi connectivity index (χ4n) is 1.02. The van der Waals surface area contributed by atoms with Crippen molar-refractivity contribution in [3.63, 3.8) is 0 Å². The topological polar surface area (TPSA) is 24.4 Å². The molecule has 0 aliphatic heterocycles. The van der Waals surface area contributed by atoms with Crippen LogP contribution in [0.25, 0.3) is 0 Å². The van der Waals surface area contributed by atoms with E-state index in [4.69, 9.17) is 0 Å². The fraction of sp³-hybridized carbons (Fsp3) is 0.444. The summed E-state index contributed by atoms with van der Waals surface area (Å²) in [6.07, 6.45) is 1.83. The van der Waals surface area contributed by atoms with E-state index in [0.717, 1.165) is 5.69 Å². The first-order valence-electron chi connectivity index (χ1n) is 4.01. The average molecular weight is 182 g/mol. The third-order valence-corrected chi connectivity index (χ3v) is 2.59. The van der Waals surface area contributed by atoms with Gasteiger partial charge in [0, 0.05) is 23.2 Å². The second-order valence-corrected chi connectivity index (χ2v) is 3.35. The molecule has 0 aliphatic carbocycles. The van der Waals surface area contributed by atoms with E-state index in [0.29, 0.717) is 6.04 Å². The van der Waals surface area contributed by atoms with E-state index < -0.39 is 0 Å². The van der Waals surface area contributed by atoms with Crippen LogP contribution in [-0.2, 0) is 0 Å². The molecule has 0 aromatic carbocycles. The van der Waals surface area contributed by atoms with Crippen LogP contribution < -0.4 is 5.32 Å². The Balaban J connectivity index is 2.90. The predicted molar refractivity (Wildman–Crippen MR) is 55.6 cm³/mol. The molecule has 0 saturated heterocycles. The van der Waals surface area contributed by atoms with E-state index in [1.165, 1.54) is 5.56 Å². The van der Waals surface area contributed by atoms with E-state index >= 15 is 0 Å². The van der Waals surface area contributed by atoms with Crippen LogP contribution in [0.3, 0.4) is 0 Å². The van der Waals surface area contributed by atoms with E-state index in [1.54, 1.807) is 11.3 Å². The van der Waals surface area contributed by atoms with Crippen molar-refractivity contribution >= 4 is 23.2 Å². The standard InChI is InChI=1S/C9H14N2S/c1-4-11-9-6-12-5-8(9)7(2)10-3/h4-7,10H,1-3H3/b11-4-. The van der Waals surface area contributed by atoms with Gasteiger partial charge in [0.15, 0.2) is 0 Å². The molecule has 0 radical (unpaired) electrons. The summed E-state index contributed by atoms with van der Waals surface area (Å²) in [6.45, 7) is 4.07. The molecule has 3 heteroatoms. The Morgan fingerprint density at radius 3 is 2.92 bits per heavy atom. The molecule has 0 bridgehead atoms. The number of aliphatic imine (C=N–C) groups is 1. The van der Waals surface area contributed by atoms with Crippen LogP contribution in [0.1, 0.15) is 25.5 Å². The summed E-state index contributed by atoms with van der Waals surface area (Å²) in [5.74, 6) is 0. The first-order valence-corrected chi connectivity index (χ1v) is 4.96. The lowest BCUT2D eigenvalue weighted by atomic mass is 10.1. The lowest BCUT2D eigenvalue weighted by Crippen LogP contribution is -2.11. The number of hydrogen-bond donors (Lipinski definition) is 1. The molecule has 0 saturated carbocycles. The Morgan fingerprint density at radius 2 is 2.33 bits per heavy atom. The minimum absolute atomic E-state index is 0.384. The Morgan fingerprint density at radius 1 is 1.58 bits per heavy atom. The highest BCUT2D eigenvalue weighted by Gasteiger charge is 2.07. The van der Waals surface area contributed by atoms with Gasteiger partial charge in [-0.05, 0) is 26.3 Å². The smallest absolute Gasteiger partial charge is 0.0780 e. The van der Waals surface area contributed by atoms with Gasteiger partial charge >= 0.3 is 0 Å². The first-order chi connectivity index (χ1) is 5.79. The molecule has 0 amide bonds. The molecular weight excluding hydrogens is 168 g/mol. The minimum Gasteiger partial charge on any atom is -0.313 e. The average Bonchev–Trinajstić information content (AvgIpc) is 2.52. The fourth-order valence-corrected chi connectivity index (χ4v) is 1.89.